The van der Waals surface area contributed by atoms with Crippen LogP contribution < -0.4 is 15.2 Å². The molecule has 0 atom stereocenters. The van der Waals surface area contributed by atoms with E-state index in [2.05, 4.69) is 49.7 Å². The molecule has 0 unspecified atom stereocenters. The van der Waals surface area contributed by atoms with E-state index in [1.165, 1.54) is 4.88 Å². The molecule has 0 fully saturated rings. The standard InChI is InChI=1S/C19H15IN4O2S2/c20-12-8-14-15(26-10-25-14)9-16(12)28-19-23-17-13(3-5-22-18(17)21)24(19)6-4-11-2-1-7-27-11/h1-3,5,7-9H,4,6,10H2,(H2,21,22). The van der Waals surface area contributed by atoms with Gasteiger partial charge in [0.25, 0.3) is 0 Å². The van der Waals surface area contributed by atoms with Crippen LogP contribution in [0.3, 0.4) is 0 Å². The van der Waals surface area contributed by atoms with Gasteiger partial charge in [-0.25, -0.2) is 9.97 Å². The fourth-order valence-electron chi connectivity index (χ4n) is 3.10. The van der Waals surface area contributed by atoms with Crippen LogP contribution in [-0.4, -0.2) is 21.3 Å². The summed E-state index contributed by atoms with van der Waals surface area (Å²) in [5.41, 5.74) is 7.84. The number of pyridine rings is 1. The van der Waals surface area contributed by atoms with Crippen LogP contribution in [0.2, 0.25) is 0 Å². The van der Waals surface area contributed by atoms with Crippen molar-refractivity contribution in [3.63, 3.8) is 0 Å². The Kier molecular flexibility index (Phi) is 4.81. The third kappa shape index (κ3) is 3.31. The molecule has 6 nitrogen and oxygen atoms in total. The molecule has 5 rings (SSSR count). The van der Waals surface area contributed by atoms with Crippen molar-refractivity contribution in [3.05, 3.63) is 50.4 Å². The van der Waals surface area contributed by atoms with Gasteiger partial charge in [0.2, 0.25) is 6.79 Å². The van der Waals surface area contributed by atoms with Crippen LogP contribution in [0.15, 0.2) is 52.0 Å². The lowest BCUT2D eigenvalue weighted by Gasteiger charge is -2.10. The number of rotatable bonds is 5. The number of hydrogen-bond donors (Lipinski definition) is 1. The number of thiophene rings is 1. The second kappa shape index (κ2) is 7.45. The minimum absolute atomic E-state index is 0.265. The smallest absolute Gasteiger partial charge is 0.231 e. The highest BCUT2D eigenvalue weighted by Gasteiger charge is 2.20. The average Bonchev–Trinajstić information content (AvgIpc) is 3.41. The lowest BCUT2D eigenvalue weighted by molar-refractivity contribution is 0.174. The number of aryl methyl sites for hydroxylation is 2. The van der Waals surface area contributed by atoms with Crippen LogP contribution in [0.25, 0.3) is 11.0 Å². The monoisotopic (exact) mass is 522 g/mol. The van der Waals surface area contributed by atoms with E-state index < -0.39 is 0 Å². The quantitative estimate of drug-likeness (QED) is 0.380. The van der Waals surface area contributed by atoms with Crippen molar-refractivity contribution in [1.29, 1.82) is 0 Å². The minimum Gasteiger partial charge on any atom is -0.454 e. The highest BCUT2D eigenvalue weighted by Crippen LogP contribution is 2.41. The Morgan fingerprint density at radius 1 is 1.25 bits per heavy atom. The summed E-state index contributed by atoms with van der Waals surface area (Å²) in [5, 5.41) is 3.00. The number of anilines is 1. The van der Waals surface area contributed by atoms with Crippen LogP contribution in [0, 0.1) is 3.57 Å². The number of imidazole rings is 1. The maximum absolute atomic E-state index is 6.09. The topological polar surface area (TPSA) is 75.2 Å². The molecular weight excluding hydrogens is 507 g/mol. The molecule has 0 amide bonds. The van der Waals surface area contributed by atoms with Crippen LogP contribution >= 0.6 is 45.7 Å². The Balaban J connectivity index is 1.54. The van der Waals surface area contributed by atoms with Gasteiger partial charge in [-0.2, -0.15) is 0 Å². The van der Waals surface area contributed by atoms with E-state index in [0.717, 1.165) is 49.1 Å². The lowest BCUT2D eigenvalue weighted by atomic mass is 10.3. The lowest BCUT2D eigenvalue weighted by Crippen LogP contribution is -2.02. The van der Waals surface area contributed by atoms with Crippen molar-refractivity contribution in [2.24, 2.45) is 0 Å². The van der Waals surface area contributed by atoms with E-state index >= 15 is 0 Å². The average molecular weight is 522 g/mol. The molecule has 0 saturated carbocycles. The number of hydrogen-bond acceptors (Lipinski definition) is 7. The summed E-state index contributed by atoms with van der Waals surface area (Å²) < 4.78 is 14.3. The number of fused-ring (bicyclic) bond motifs is 2. The summed E-state index contributed by atoms with van der Waals surface area (Å²) in [5.74, 6) is 2.01. The van der Waals surface area contributed by atoms with Crippen molar-refractivity contribution in [3.8, 4) is 11.5 Å². The van der Waals surface area contributed by atoms with Crippen molar-refractivity contribution in [2.75, 3.05) is 12.5 Å². The normalized spacial score (nSPS) is 12.8. The molecule has 0 aliphatic carbocycles. The molecule has 0 saturated heterocycles. The molecule has 9 heteroatoms. The van der Waals surface area contributed by atoms with Crippen molar-refractivity contribution < 1.29 is 9.47 Å². The summed E-state index contributed by atoms with van der Waals surface area (Å²) >= 11 is 5.70. The summed E-state index contributed by atoms with van der Waals surface area (Å²) in [4.78, 5) is 11.4. The predicted molar refractivity (Wildman–Crippen MR) is 119 cm³/mol. The van der Waals surface area contributed by atoms with Gasteiger partial charge in [-0.15, -0.1) is 11.3 Å². The molecule has 4 heterocycles. The SMILES string of the molecule is Nc1nccc2c1nc(Sc1cc3c(cc1I)OCO3)n2CCc1cccs1. The number of benzene rings is 1. The maximum Gasteiger partial charge on any atom is 0.231 e. The van der Waals surface area contributed by atoms with E-state index in [1.54, 1.807) is 29.3 Å². The first-order valence-corrected chi connectivity index (χ1v) is 11.4. The van der Waals surface area contributed by atoms with Gasteiger partial charge in [-0.1, -0.05) is 17.8 Å². The third-order valence-electron chi connectivity index (χ3n) is 4.45. The van der Waals surface area contributed by atoms with E-state index in [4.69, 9.17) is 20.2 Å². The predicted octanol–water partition coefficient (Wildman–Crippen LogP) is 4.80. The van der Waals surface area contributed by atoms with E-state index in [9.17, 15) is 0 Å². The first kappa shape index (κ1) is 18.1. The fourth-order valence-corrected chi connectivity index (χ4v) is 5.52. The van der Waals surface area contributed by atoms with Crippen molar-refractivity contribution in [1.82, 2.24) is 14.5 Å². The molecule has 0 bridgehead atoms. The number of halogens is 1. The van der Waals surface area contributed by atoms with Gasteiger partial charge in [-0.3, -0.25) is 0 Å². The molecule has 2 N–H and O–H groups in total. The number of aromatic nitrogens is 3. The summed E-state index contributed by atoms with van der Waals surface area (Å²) in [6, 6.07) is 10.2. The van der Waals surface area contributed by atoms with Crippen LogP contribution in [0.4, 0.5) is 5.82 Å². The third-order valence-corrected chi connectivity index (χ3v) is 7.70. The second-order valence-corrected chi connectivity index (χ2v) is 9.38. The zero-order chi connectivity index (χ0) is 19.1. The molecule has 142 valence electrons. The van der Waals surface area contributed by atoms with Gasteiger partial charge in [0.05, 0.1) is 5.52 Å². The molecule has 1 aliphatic rings. The number of nitrogens with zero attached hydrogens (tertiary/aromatic N) is 3. The Morgan fingerprint density at radius 3 is 2.93 bits per heavy atom. The summed E-state index contributed by atoms with van der Waals surface area (Å²) in [6.45, 7) is 1.09. The largest absolute Gasteiger partial charge is 0.454 e. The highest BCUT2D eigenvalue weighted by atomic mass is 127. The van der Waals surface area contributed by atoms with Crippen molar-refractivity contribution >= 4 is 62.5 Å². The molecule has 0 spiro atoms. The van der Waals surface area contributed by atoms with Crippen LogP contribution in [-0.2, 0) is 13.0 Å². The molecule has 1 aliphatic heterocycles. The summed E-state index contributed by atoms with van der Waals surface area (Å²) in [6.07, 6.45) is 2.68. The molecular formula is C19H15IN4O2S2. The van der Waals surface area contributed by atoms with Crippen molar-refractivity contribution in [2.45, 2.75) is 23.0 Å². The molecule has 1 aromatic carbocycles. The van der Waals surface area contributed by atoms with Gasteiger partial charge in [0.1, 0.15) is 5.52 Å². The number of nitrogen functional groups attached to an aromatic ring is 1. The van der Waals surface area contributed by atoms with E-state index in [1.807, 2.05) is 18.2 Å². The van der Waals surface area contributed by atoms with Gasteiger partial charge in [0, 0.05) is 26.1 Å². The Morgan fingerprint density at radius 2 is 2.11 bits per heavy atom. The Hall–Kier alpha value is -1.98. The fraction of sp³-hybridized carbons (Fsp3) is 0.158. The molecule has 3 aromatic heterocycles. The molecule has 28 heavy (non-hydrogen) atoms. The van der Waals surface area contributed by atoms with Gasteiger partial charge < -0.3 is 19.8 Å². The zero-order valence-corrected chi connectivity index (χ0v) is 18.4. The van der Waals surface area contributed by atoms with E-state index in [-0.39, 0.29) is 6.79 Å². The van der Waals surface area contributed by atoms with Gasteiger partial charge in [0.15, 0.2) is 22.5 Å². The van der Waals surface area contributed by atoms with Gasteiger partial charge in [-0.05, 0) is 58.7 Å². The first-order chi connectivity index (χ1) is 13.7. The summed E-state index contributed by atoms with van der Waals surface area (Å²) in [7, 11) is 0. The van der Waals surface area contributed by atoms with Crippen LogP contribution in [0.1, 0.15) is 4.88 Å². The highest BCUT2D eigenvalue weighted by molar-refractivity contribution is 14.1. The number of nitrogens with two attached hydrogens (primary N) is 1. The first-order valence-electron chi connectivity index (χ1n) is 8.59. The Bertz CT molecular complexity index is 1160. The molecule has 0 radical (unpaired) electrons. The minimum atomic E-state index is 0.265. The number of ether oxygens (including phenoxy) is 2. The zero-order valence-electron chi connectivity index (χ0n) is 14.6. The second-order valence-electron chi connectivity index (χ2n) is 6.18. The molecule has 4 aromatic rings. The van der Waals surface area contributed by atoms with Crippen LogP contribution in [0.5, 0.6) is 11.5 Å². The van der Waals surface area contributed by atoms with Gasteiger partial charge >= 0.3 is 0 Å². The maximum atomic E-state index is 6.09. The van der Waals surface area contributed by atoms with E-state index in [0.29, 0.717) is 5.82 Å². The Labute approximate surface area is 183 Å².